The second-order valence-electron chi connectivity index (χ2n) is 6.28. The largest absolute Gasteiger partial charge is 0.354 e. The fourth-order valence-corrected chi connectivity index (χ4v) is 3.85. The van der Waals surface area contributed by atoms with Crippen molar-refractivity contribution in [2.75, 3.05) is 26.7 Å². The standard InChI is InChI=1S/C17H31N5S.HI/c1-5-6-9-22-10-7-15(8-11-22)21-17(18-4)19-12-16-13(2)20-14(3)23-16;/h15H,5-12H2,1-4H3,(H2,18,19,21);1H. The predicted octanol–water partition coefficient (Wildman–Crippen LogP) is 3.31. The van der Waals surface area contributed by atoms with Crippen LogP contribution >= 0.6 is 35.3 Å². The number of rotatable bonds is 6. The highest BCUT2D eigenvalue weighted by atomic mass is 127. The zero-order chi connectivity index (χ0) is 16.7. The van der Waals surface area contributed by atoms with Gasteiger partial charge in [-0.15, -0.1) is 35.3 Å². The van der Waals surface area contributed by atoms with E-state index in [9.17, 15) is 0 Å². The van der Waals surface area contributed by atoms with Crippen LogP contribution in [0.3, 0.4) is 0 Å². The van der Waals surface area contributed by atoms with E-state index in [-0.39, 0.29) is 24.0 Å². The van der Waals surface area contributed by atoms with E-state index in [2.05, 4.69) is 46.3 Å². The van der Waals surface area contributed by atoms with Crippen LogP contribution in [0.15, 0.2) is 4.99 Å². The summed E-state index contributed by atoms with van der Waals surface area (Å²) in [6.07, 6.45) is 4.99. The summed E-state index contributed by atoms with van der Waals surface area (Å²) in [6, 6.07) is 0.531. The van der Waals surface area contributed by atoms with Crippen molar-refractivity contribution in [2.45, 2.75) is 59.0 Å². The van der Waals surface area contributed by atoms with Crippen LogP contribution in [0.4, 0.5) is 0 Å². The van der Waals surface area contributed by atoms with Crippen molar-refractivity contribution in [3.05, 3.63) is 15.6 Å². The van der Waals surface area contributed by atoms with Crippen LogP contribution in [0.25, 0.3) is 0 Å². The van der Waals surface area contributed by atoms with Crippen LogP contribution in [-0.4, -0.2) is 48.6 Å². The maximum atomic E-state index is 4.48. The molecule has 1 aromatic rings. The van der Waals surface area contributed by atoms with Gasteiger partial charge >= 0.3 is 0 Å². The van der Waals surface area contributed by atoms with Gasteiger partial charge in [-0.3, -0.25) is 4.99 Å². The number of guanidine groups is 1. The third kappa shape index (κ3) is 6.84. The van der Waals surface area contributed by atoms with E-state index in [1.165, 1.54) is 50.2 Å². The Kier molecular flexibility index (Phi) is 10.1. The third-order valence-corrected chi connectivity index (χ3v) is 5.47. The van der Waals surface area contributed by atoms with Gasteiger partial charge in [-0.2, -0.15) is 0 Å². The minimum absolute atomic E-state index is 0. The van der Waals surface area contributed by atoms with E-state index in [0.717, 1.165) is 23.2 Å². The zero-order valence-corrected chi connectivity index (χ0v) is 18.5. The maximum Gasteiger partial charge on any atom is 0.191 e. The minimum atomic E-state index is 0. The SMILES string of the molecule is CCCCN1CCC(NC(=NC)NCc2sc(C)nc2C)CC1.I. The fourth-order valence-electron chi connectivity index (χ4n) is 2.97. The van der Waals surface area contributed by atoms with E-state index in [1.54, 1.807) is 11.3 Å². The molecule has 0 radical (unpaired) electrons. The Balaban J connectivity index is 0.00000288. The van der Waals surface area contributed by atoms with Gasteiger partial charge in [-0.05, 0) is 39.7 Å². The number of aryl methyl sites for hydroxylation is 2. The maximum absolute atomic E-state index is 4.48. The fraction of sp³-hybridized carbons (Fsp3) is 0.765. The summed E-state index contributed by atoms with van der Waals surface area (Å²) in [5, 5.41) is 8.13. The molecule has 0 aromatic carbocycles. The third-order valence-electron chi connectivity index (χ3n) is 4.40. The number of unbranched alkanes of at least 4 members (excludes halogenated alkanes) is 1. The number of halogens is 1. The smallest absolute Gasteiger partial charge is 0.191 e. The lowest BCUT2D eigenvalue weighted by atomic mass is 10.0. The molecule has 1 aliphatic rings. The summed E-state index contributed by atoms with van der Waals surface area (Å²) in [6.45, 7) is 10.8. The molecule has 1 saturated heterocycles. The van der Waals surface area contributed by atoms with Crippen molar-refractivity contribution in [1.82, 2.24) is 20.5 Å². The van der Waals surface area contributed by atoms with Crippen molar-refractivity contribution in [1.29, 1.82) is 0 Å². The second-order valence-corrected chi connectivity index (χ2v) is 7.57. The van der Waals surface area contributed by atoms with Gasteiger partial charge in [0, 0.05) is 31.1 Å². The summed E-state index contributed by atoms with van der Waals surface area (Å²) >= 11 is 1.76. The number of likely N-dealkylation sites (tertiary alicyclic amines) is 1. The van der Waals surface area contributed by atoms with Gasteiger partial charge < -0.3 is 15.5 Å². The Morgan fingerprint density at radius 2 is 2.04 bits per heavy atom. The van der Waals surface area contributed by atoms with Crippen LogP contribution in [0.2, 0.25) is 0 Å². The van der Waals surface area contributed by atoms with Crippen LogP contribution < -0.4 is 10.6 Å². The van der Waals surface area contributed by atoms with Gasteiger partial charge in [0.1, 0.15) is 0 Å². The van der Waals surface area contributed by atoms with Crippen LogP contribution in [-0.2, 0) is 6.54 Å². The molecule has 0 saturated carbocycles. The van der Waals surface area contributed by atoms with Crippen molar-refractivity contribution in [3.63, 3.8) is 0 Å². The van der Waals surface area contributed by atoms with Crippen LogP contribution in [0, 0.1) is 13.8 Å². The Morgan fingerprint density at radius 3 is 2.58 bits per heavy atom. The van der Waals surface area contributed by atoms with E-state index < -0.39 is 0 Å². The van der Waals surface area contributed by atoms with Gasteiger partial charge in [-0.1, -0.05) is 13.3 Å². The number of nitrogens with zero attached hydrogens (tertiary/aromatic N) is 3. The monoisotopic (exact) mass is 465 g/mol. The molecule has 7 heteroatoms. The van der Waals surface area contributed by atoms with Crippen LogP contribution in [0.5, 0.6) is 0 Å². The van der Waals surface area contributed by atoms with E-state index >= 15 is 0 Å². The molecule has 0 unspecified atom stereocenters. The molecule has 2 N–H and O–H groups in total. The van der Waals surface area contributed by atoms with Crippen molar-refractivity contribution < 1.29 is 0 Å². The van der Waals surface area contributed by atoms with Gasteiger partial charge in [0.25, 0.3) is 0 Å². The summed E-state index contributed by atoms with van der Waals surface area (Å²) < 4.78 is 0. The molecule has 2 rings (SSSR count). The number of piperidine rings is 1. The summed E-state index contributed by atoms with van der Waals surface area (Å²) in [5.74, 6) is 0.905. The molecular weight excluding hydrogens is 433 g/mol. The Bertz CT molecular complexity index is 509. The molecule has 24 heavy (non-hydrogen) atoms. The predicted molar refractivity (Wildman–Crippen MR) is 115 cm³/mol. The molecule has 1 aliphatic heterocycles. The molecule has 0 atom stereocenters. The highest BCUT2D eigenvalue weighted by Crippen LogP contribution is 2.16. The Labute approximate surface area is 167 Å². The zero-order valence-electron chi connectivity index (χ0n) is 15.4. The Hall–Kier alpha value is -0.410. The first-order chi connectivity index (χ1) is 11.1. The lowest BCUT2D eigenvalue weighted by Gasteiger charge is -2.33. The molecule has 0 aliphatic carbocycles. The number of thiazole rings is 1. The van der Waals surface area contributed by atoms with Gasteiger partial charge in [-0.25, -0.2) is 4.98 Å². The molecule has 0 amide bonds. The number of aliphatic imine (C=N–C) groups is 1. The van der Waals surface area contributed by atoms with Crippen molar-refractivity contribution in [3.8, 4) is 0 Å². The lowest BCUT2D eigenvalue weighted by Crippen LogP contribution is -2.48. The second kappa shape index (κ2) is 11.3. The molecule has 1 aromatic heterocycles. The van der Waals surface area contributed by atoms with E-state index in [0.29, 0.717) is 6.04 Å². The highest BCUT2D eigenvalue weighted by Gasteiger charge is 2.19. The number of aromatic nitrogens is 1. The van der Waals surface area contributed by atoms with E-state index in [1.807, 2.05) is 7.05 Å². The molecule has 0 bridgehead atoms. The topological polar surface area (TPSA) is 52.5 Å². The molecule has 2 heterocycles. The van der Waals surface area contributed by atoms with E-state index in [4.69, 9.17) is 0 Å². The molecule has 1 fully saturated rings. The molecule has 5 nitrogen and oxygen atoms in total. The quantitative estimate of drug-likeness (QED) is 0.385. The van der Waals surface area contributed by atoms with Crippen LogP contribution in [0.1, 0.15) is 48.2 Å². The average molecular weight is 465 g/mol. The Morgan fingerprint density at radius 1 is 1.33 bits per heavy atom. The summed E-state index contributed by atoms with van der Waals surface area (Å²) in [5.41, 5.74) is 1.12. The first-order valence-corrected chi connectivity index (χ1v) is 9.56. The first kappa shape index (κ1) is 21.6. The summed E-state index contributed by atoms with van der Waals surface area (Å²) in [7, 11) is 1.84. The van der Waals surface area contributed by atoms with Gasteiger partial charge in [0.2, 0.25) is 0 Å². The minimum Gasteiger partial charge on any atom is -0.354 e. The van der Waals surface area contributed by atoms with Crippen molar-refractivity contribution in [2.24, 2.45) is 4.99 Å². The number of hydrogen-bond donors (Lipinski definition) is 2. The normalized spacial score (nSPS) is 16.8. The molecular formula is C17H32IN5S. The lowest BCUT2D eigenvalue weighted by molar-refractivity contribution is 0.203. The number of nitrogens with one attached hydrogen (secondary N) is 2. The average Bonchev–Trinajstić information content (AvgIpc) is 2.88. The first-order valence-electron chi connectivity index (χ1n) is 8.74. The summed E-state index contributed by atoms with van der Waals surface area (Å²) in [4.78, 5) is 12.7. The molecule has 0 spiro atoms. The van der Waals surface area contributed by atoms with Gasteiger partial charge in [0.15, 0.2) is 5.96 Å². The van der Waals surface area contributed by atoms with Crippen molar-refractivity contribution >= 4 is 41.3 Å². The highest BCUT2D eigenvalue weighted by molar-refractivity contribution is 14.0. The number of hydrogen-bond acceptors (Lipinski definition) is 4. The molecule has 138 valence electrons. The van der Waals surface area contributed by atoms with Gasteiger partial charge in [0.05, 0.1) is 17.2 Å².